The van der Waals surface area contributed by atoms with Crippen molar-refractivity contribution in [3.8, 4) is 0 Å². The molecule has 0 bridgehead atoms. The molecule has 0 spiro atoms. The number of nitrogens with one attached hydrogen (secondary N) is 1. The number of hydrogen-bond donors (Lipinski definition) is 1. The van der Waals surface area contributed by atoms with Crippen LogP contribution in [0, 0.1) is 0 Å². The van der Waals surface area contributed by atoms with Crippen molar-refractivity contribution in [1.82, 2.24) is 25.2 Å². The second kappa shape index (κ2) is 8.53. The number of nitrogens with zero attached hydrogens (tertiary/aromatic N) is 4. The van der Waals surface area contributed by atoms with Gasteiger partial charge in [-0.25, -0.2) is 4.68 Å². The Balaban J connectivity index is 1.46. The molecule has 2 aromatic rings. The van der Waals surface area contributed by atoms with E-state index in [0.29, 0.717) is 12.1 Å². The van der Waals surface area contributed by atoms with Gasteiger partial charge < -0.3 is 10.2 Å². The number of amides is 1. The number of piperidine rings is 1. The number of carbonyl (C=O) groups is 2. The summed E-state index contributed by atoms with van der Waals surface area (Å²) in [6.07, 6.45) is 5.30. The highest BCUT2D eigenvalue weighted by Crippen LogP contribution is 2.08. The van der Waals surface area contributed by atoms with E-state index >= 15 is 0 Å². The van der Waals surface area contributed by atoms with E-state index in [1.165, 1.54) is 30.1 Å². The highest BCUT2D eigenvalue weighted by atomic mass is 16.2. The van der Waals surface area contributed by atoms with Gasteiger partial charge in [0.05, 0.1) is 6.20 Å². The van der Waals surface area contributed by atoms with E-state index in [-0.39, 0.29) is 23.9 Å². The minimum Gasteiger partial charge on any atom is -0.353 e. The van der Waals surface area contributed by atoms with Crippen LogP contribution in [0.1, 0.15) is 35.3 Å². The Morgan fingerprint density at radius 2 is 1.84 bits per heavy atom. The highest BCUT2D eigenvalue weighted by molar-refractivity contribution is 6.07. The average Bonchev–Trinajstić information content (AvgIpc) is 3.11. The van der Waals surface area contributed by atoms with Gasteiger partial charge in [0.25, 0.3) is 0 Å². The first-order chi connectivity index (χ1) is 12.2. The van der Waals surface area contributed by atoms with Gasteiger partial charge in [-0.05, 0) is 25.9 Å². The minimum absolute atomic E-state index is 0.0646. The van der Waals surface area contributed by atoms with Crippen molar-refractivity contribution in [3.63, 3.8) is 0 Å². The van der Waals surface area contributed by atoms with E-state index in [1.807, 2.05) is 6.07 Å². The molecule has 0 aliphatic carbocycles. The number of aromatic nitrogens is 3. The Morgan fingerprint density at radius 3 is 2.60 bits per heavy atom. The van der Waals surface area contributed by atoms with Gasteiger partial charge in [-0.2, -0.15) is 0 Å². The van der Waals surface area contributed by atoms with Crippen molar-refractivity contribution >= 4 is 11.7 Å². The fourth-order valence-corrected chi connectivity index (χ4v) is 2.96. The Hall–Kier alpha value is -2.54. The molecular weight excluding hydrogens is 318 g/mol. The van der Waals surface area contributed by atoms with Crippen molar-refractivity contribution in [1.29, 1.82) is 0 Å². The zero-order valence-electron chi connectivity index (χ0n) is 14.2. The molecule has 7 nitrogen and oxygen atoms in total. The van der Waals surface area contributed by atoms with Crippen LogP contribution in [-0.4, -0.2) is 57.8 Å². The van der Waals surface area contributed by atoms with Gasteiger partial charge in [-0.1, -0.05) is 42.0 Å². The predicted molar refractivity (Wildman–Crippen MR) is 93.2 cm³/mol. The molecule has 1 aliphatic rings. The second-order valence-corrected chi connectivity index (χ2v) is 6.25. The Bertz CT molecular complexity index is 707. The predicted octanol–water partition coefficient (Wildman–Crippen LogP) is 1.11. The summed E-state index contributed by atoms with van der Waals surface area (Å²) < 4.78 is 1.40. The molecule has 1 aromatic carbocycles. The SMILES string of the molecule is O=C(Cn1cc(C(=O)c2ccccc2)nn1)NCCN1CCCCC1. The molecule has 0 radical (unpaired) electrons. The van der Waals surface area contributed by atoms with Crippen LogP contribution in [0.3, 0.4) is 0 Å². The summed E-state index contributed by atoms with van der Waals surface area (Å²) in [7, 11) is 0. The second-order valence-electron chi connectivity index (χ2n) is 6.25. The smallest absolute Gasteiger partial charge is 0.241 e. The third-order valence-corrected chi connectivity index (χ3v) is 4.31. The summed E-state index contributed by atoms with van der Waals surface area (Å²) in [6, 6.07) is 8.91. The number of benzene rings is 1. The monoisotopic (exact) mass is 341 g/mol. The summed E-state index contributed by atoms with van der Waals surface area (Å²) in [6.45, 7) is 3.80. The average molecular weight is 341 g/mol. The van der Waals surface area contributed by atoms with Crippen molar-refractivity contribution in [2.45, 2.75) is 25.8 Å². The molecule has 132 valence electrons. The largest absolute Gasteiger partial charge is 0.353 e. The number of rotatable bonds is 7. The summed E-state index contributed by atoms with van der Waals surface area (Å²) in [5.74, 6) is -0.321. The van der Waals surface area contributed by atoms with E-state index in [1.54, 1.807) is 24.3 Å². The van der Waals surface area contributed by atoms with Gasteiger partial charge in [-0.3, -0.25) is 9.59 Å². The molecule has 2 heterocycles. The normalized spacial score (nSPS) is 15.0. The van der Waals surface area contributed by atoms with Crippen LogP contribution in [-0.2, 0) is 11.3 Å². The van der Waals surface area contributed by atoms with Crippen molar-refractivity contribution < 1.29 is 9.59 Å². The fourth-order valence-electron chi connectivity index (χ4n) is 2.96. The van der Waals surface area contributed by atoms with Crippen molar-refractivity contribution in [2.75, 3.05) is 26.2 Å². The first-order valence-electron chi connectivity index (χ1n) is 8.71. The Morgan fingerprint density at radius 1 is 1.08 bits per heavy atom. The lowest BCUT2D eigenvalue weighted by atomic mass is 10.1. The zero-order valence-corrected chi connectivity index (χ0v) is 14.2. The molecule has 1 fully saturated rings. The molecule has 25 heavy (non-hydrogen) atoms. The number of ketones is 1. The van der Waals surface area contributed by atoms with E-state index in [9.17, 15) is 9.59 Å². The van der Waals surface area contributed by atoms with Crippen LogP contribution < -0.4 is 5.32 Å². The highest BCUT2D eigenvalue weighted by Gasteiger charge is 2.14. The molecule has 1 aliphatic heterocycles. The van der Waals surface area contributed by atoms with Gasteiger partial charge in [-0.15, -0.1) is 5.10 Å². The summed E-state index contributed by atoms with van der Waals surface area (Å²) >= 11 is 0. The first-order valence-corrected chi connectivity index (χ1v) is 8.71. The van der Waals surface area contributed by atoms with Crippen molar-refractivity contribution in [3.05, 3.63) is 47.8 Å². The minimum atomic E-state index is -0.197. The zero-order chi connectivity index (χ0) is 17.5. The lowest BCUT2D eigenvalue weighted by Crippen LogP contribution is -2.38. The molecule has 0 atom stereocenters. The first kappa shape index (κ1) is 17.3. The maximum absolute atomic E-state index is 12.3. The molecule has 3 rings (SSSR count). The third kappa shape index (κ3) is 4.96. The topological polar surface area (TPSA) is 80.1 Å². The van der Waals surface area contributed by atoms with E-state index in [2.05, 4.69) is 20.5 Å². The van der Waals surface area contributed by atoms with Gasteiger partial charge in [0.2, 0.25) is 11.7 Å². The van der Waals surface area contributed by atoms with Gasteiger partial charge in [0.15, 0.2) is 5.69 Å². The van der Waals surface area contributed by atoms with Crippen LogP contribution in [0.4, 0.5) is 0 Å². The molecule has 0 unspecified atom stereocenters. The molecule has 1 aromatic heterocycles. The number of carbonyl (C=O) groups excluding carboxylic acids is 2. The molecule has 7 heteroatoms. The van der Waals surface area contributed by atoms with E-state index in [0.717, 1.165) is 19.6 Å². The molecule has 1 saturated heterocycles. The number of likely N-dealkylation sites (tertiary alicyclic amines) is 1. The van der Waals surface area contributed by atoms with Gasteiger partial charge >= 0.3 is 0 Å². The van der Waals surface area contributed by atoms with Crippen LogP contribution >= 0.6 is 0 Å². The van der Waals surface area contributed by atoms with Gasteiger partial charge in [0.1, 0.15) is 6.54 Å². The lowest BCUT2D eigenvalue weighted by molar-refractivity contribution is -0.121. The summed E-state index contributed by atoms with van der Waals surface area (Å²) in [5.41, 5.74) is 0.799. The van der Waals surface area contributed by atoms with Crippen LogP contribution in [0.15, 0.2) is 36.5 Å². The maximum atomic E-state index is 12.3. The van der Waals surface area contributed by atoms with Crippen LogP contribution in [0.5, 0.6) is 0 Å². The van der Waals surface area contributed by atoms with E-state index in [4.69, 9.17) is 0 Å². The quantitative estimate of drug-likeness (QED) is 0.763. The number of hydrogen-bond acceptors (Lipinski definition) is 5. The Kier molecular flexibility index (Phi) is 5.90. The third-order valence-electron chi connectivity index (χ3n) is 4.31. The molecular formula is C18H23N5O2. The molecule has 1 amide bonds. The Labute approximate surface area is 147 Å². The summed E-state index contributed by atoms with van der Waals surface area (Å²) in [4.78, 5) is 26.6. The van der Waals surface area contributed by atoms with Crippen LogP contribution in [0.25, 0.3) is 0 Å². The van der Waals surface area contributed by atoms with Crippen LogP contribution in [0.2, 0.25) is 0 Å². The molecule has 1 N–H and O–H groups in total. The fraction of sp³-hybridized carbons (Fsp3) is 0.444. The lowest BCUT2D eigenvalue weighted by Gasteiger charge is -2.26. The van der Waals surface area contributed by atoms with Gasteiger partial charge in [0, 0.05) is 18.7 Å². The van der Waals surface area contributed by atoms with E-state index < -0.39 is 0 Å². The summed E-state index contributed by atoms with van der Waals surface area (Å²) in [5, 5.41) is 10.6. The maximum Gasteiger partial charge on any atom is 0.241 e. The molecule has 0 saturated carbocycles. The standard InChI is InChI=1S/C18H23N5O2/c24-17(19-9-12-22-10-5-2-6-11-22)14-23-13-16(20-21-23)18(25)15-7-3-1-4-8-15/h1,3-4,7-8,13H,2,5-6,9-12,14H2,(H,19,24). The van der Waals surface area contributed by atoms with Crippen molar-refractivity contribution in [2.24, 2.45) is 0 Å².